The smallest absolute Gasteiger partial charge is 0.0305 e. The van der Waals surface area contributed by atoms with Crippen LogP contribution in [0.3, 0.4) is 0 Å². The summed E-state index contributed by atoms with van der Waals surface area (Å²) in [4.78, 5) is 0. The van der Waals surface area contributed by atoms with Crippen molar-refractivity contribution in [1.82, 2.24) is 0 Å². The van der Waals surface area contributed by atoms with Gasteiger partial charge >= 0.3 is 0 Å². The Balaban J connectivity index is 4.37. The maximum Gasteiger partial charge on any atom is -0.0305 e. The topological polar surface area (TPSA) is 0 Å². The van der Waals surface area contributed by atoms with Crippen molar-refractivity contribution >= 4 is 0 Å². The zero-order valence-corrected chi connectivity index (χ0v) is 12.7. The zero-order valence-electron chi connectivity index (χ0n) is 12.7. The fourth-order valence-electron chi connectivity index (χ4n) is 2.93. The van der Waals surface area contributed by atoms with Crippen LogP contribution in [0.2, 0.25) is 0 Å². The maximum absolute atomic E-state index is 2.49. The molecule has 0 heterocycles. The molecule has 0 aromatic carbocycles. The van der Waals surface area contributed by atoms with E-state index < -0.39 is 0 Å². The first-order chi connectivity index (χ1) is 7.51. The summed E-state index contributed by atoms with van der Waals surface area (Å²) >= 11 is 0. The highest BCUT2D eigenvalue weighted by Gasteiger charge is 2.28. The van der Waals surface area contributed by atoms with Crippen molar-refractivity contribution in [1.29, 1.82) is 0 Å². The van der Waals surface area contributed by atoms with Crippen LogP contribution in [-0.2, 0) is 0 Å². The Morgan fingerprint density at radius 3 is 1.44 bits per heavy atom. The molecule has 0 radical (unpaired) electrons. The highest BCUT2D eigenvalue weighted by Crippen LogP contribution is 2.42. The predicted octanol–water partition coefficient (Wildman–Crippen LogP) is 6.20. The lowest BCUT2D eigenvalue weighted by atomic mass is 9.69. The van der Waals surface area contributed by atoms with Crippen molar-refractivity contribution < 1.29 is 0 Å². The first-order valence-corrected chi connectivity index (χ1v) is 7.51. The van der Waals surface area contributed by atoms with E-state index in [4.69, 9.17) is 0 Å². The van der Waals surface area contributed by atoms with Crippen molar-refractivity contribution in [2.75, 3.05) is 0 Å². The lowest BCUT2D eigenvalue weighted by Gasteiger charge is -2.36. The first-order valence-electron chi connectivity index (χ1n) is 7.51. The van der Waals surface area contributed by atoms with Crippen LogP contribution in [0.1, 0.15) is 92.9 Å². The third-order valence-corrected chi connectivity index (χ3v) is 5.22. The lowest BCUT2D eigenvalue weighted by molar-refractivity contribution is 0.159. The molecule has 0 bridgehead atoms. The Hall–Kier alpha value is 0. The third-order valence-electron chi connectivity index (χ3n) is 5.22. The molecule has 1 unspecified atom stereocenters. The summed E-state index contributed by atoms with van der Waals surface area (Å²) in [5.74, 6) is 0. The van der Waals surface area contributed by atoms with Gasteiger partial charge in [-0.2, -0.15) is 0 Å². The minimum atomic E-state index is 0.597. The van der Waals surface area contributed by atoms with E-state index in [0.717, 1.165) is 0 Å². The minimum absolute atomic E-state index is 0.597. The van der Waals surface area contributed by atoms with Crippen LogP contribution < -0.4 is 0 Å². The normalized spacial score (nSPS) is 16.1. The monoisotopic (exact) mass is 226 g/mol. The number of hydrogen-bond donors (Lipinski definition) is 0. The highest BCUT2D eigenvalue weighted by molar-refractivity contribution is 4.80. The summed E-state index contributed by atoms with van der Waals surface area (Å²) in [5.41, 5.74) is 1.23. The quantitative estimate of drug-likeness (QED) is 0.439. The molecule has 0 aliphatic rings. The van der Waals surface area contributed by atoms with Gasteiger partial charge in [0.15, 0.2) is 0 Å². The molecule has 1 atom stereocenters. The Labute approximate surface area is 104 Å². The molecule has 0 aliphatic carbocycles. The van der Waals surface area contributed by atoms with E-state index in [0.29, 0.717) is 10.8 Å². The summed E-state index contributed by atoms with van der Waals surface area (Å²) in [6, 6.07) is 0. The second-order valence-corrected chi connectivity index (χ2v) is 5.97. The molecule has 0 rings (SSSR count). The first kappa shape index (κ1) is 16.0. The number of rotatable bonds is 9. The molecular weight excluding hydrogens is 192 g/mol. The third kappa shape index (κ3) is 4.47. The standard InChI is InChI=1S/C16H34/c1-7-12-15(6,8-2)13-14-16(9-3,10-4)11-5/h7-14H2,1-6H3. The van der Waals surface area contributed by atoms with Gasteiger partial charge in [0.05, 0.1) is 0 Å². The van der Waals surface area contributed by atoms with Gasteiger partial charge < -0.3 is 0 Å². The van der Waals surface area contributed by atoms with E-state index in [1.165, 1.54) is 51.4 Å². The molecule has 0 N–H and O–H groups in total. The van der Waals surface area contributed by atoms with Crippen LogP contribution in [0, 0.1) is 10.8 Å². The van der Waals surface area contributed by atoms with Crippen LogP contribution >= 0.6 is 0 Å². The van der Waals surface area contributed by atoms with Crippen LogP contribution in [0.4, 0.5) is 0 Å². The van der Waals surface area contributed by atoms with Crippen molar-refractivity contribution in [2.45, 2.75) is 92.9 Å². The molecule has 0 nitrogen and oxygen atoms in total. The second-order valence-electron chi connectivity index (χ2n) is 5.97. The second kappa shape index (κ2) is 7.35. The van der Waals surface area contributed by atoms with Crippen LogP contribution in [0.25, 0.3) is 0 Å². The summed E-state index contributed by atoms with van der Waals surface area (Å²) in [7, 11) is 0. The van der Waals surface area contributed by atoms with Crippen LogP contribution in [0.5, 0.6) is 0 Å². The van der Waals surface area contributed by atoms with Crippen molar-refractivity contribution in [3.8, 4) is 0 Å². The average molecular weight is 226 g/mol. The van der Waals surface area contributed by atoms with Gasteiger partial charge in [-0.1, -0.05) is 73.6 Å². The van der Waals surface area contributed by atoms with Gasteiger partial charge in [-0.05, 0) is 30.1 Å². The average Bonchev–Trinajstić information content (AvgIpc) is 2.32. The highest BCUT2D eigenvalue weighted by atomic mass is 14.3. The molecule has 0 saturated heterocycles. The van der Waals surface area contributed by atoms with Crippen molar-refractivity contribution in [2.24, 2.45) is 10.8 Å². The summed E-state index contributed by atoms with van der Waals surface area (Å²) in [6.45, 7) is 14.3. The van der Waals surface area contributed by atoms with E-state index in [1.54, 1.807) is 0 Å². The van der Waals surface area contributed by atoms with Gasteiger partial charge in [0.1, 0.15) is 0 Å². The van der Waals surface area contributed by atoms with Crippen LogP contribution in [0.15, 0.2) is 0 Å². The van der Waals surface area contributed by atoms with E-state index in [9.17, 15) is 0 Å². The van der Waals surface area contributed by atoms with Gasteiger partial charge in [-0.15, -0.1) is 0 Å². The molecule has 0 aromatic heterocycles. The van der Waals surface area contributed by atoms with Gasteiger partial charge in [0, 0.05) is 0 Å². The predicted molar refractivity (Wildman–Crippen MR) is 75.8 cm³/mol. The van der Waals surface area contributed by atoms with Gasteiger partial charge in [0.25, 0.3) is 0 Å². The van der Waals surface area contributed by atoms with E-state index in [-0.39, 0.29) is 0 Å². The Morgan fingerprint density at radius 1 is 0.625 bits per heavy atom. The summed E-state index contributed by atoms with van der Waals surface area (Å²) in [6.07, 6.45) is 11.0. The molecule has 16 heavy (non-hydrogen) atoms. The molecule has 0 fully saturated rings. The Kier molecular flexibility index (Phi) is 7.35. The maximum atomic E-state index is 2.49. The van der Waals surface area contributed by atoms with Crippen molar-refractivity contribution in [3.05, 3.63) is 0 Å². The summed E-state index contributed by atoms with van der Waals surface area (Å²) < 4.78 is 0. The van der Waals surface area contributed by atoms with E-state index in [1.807, 2.05) is 0 Å². The number of hydrogen-bond acceptors (Lipinski definition) is 0. The van der Waals surface area contributed by atoms with Gasteiger partial charge in [-0.3, -0.25) is 0 Å². The molecule has 0 aromatic rings. The zero-order chi connectivity index (χ0) is 12.7. The van der Waals surface area contributed by atoms with Gasteiger partial charge in [0.2, 0.25) is 0 Å². The minimum Gasteiger partial charge on any atom is -0.0654 e. The molecule has 0 heteroatoms. The van der Waals surface area contributed by atoms with Crippen molar-refractivity contribution in [3.63, 3.8) is 0 Å². The lowest BCUT2D eigenvalue weighted by Crippen LogP contribution is -2.23. The largest absolute Gasteiger partial charge is 0.0654 e. The molecule has 0 aliphatic heterocycles. The molecular formula is C16H34. The molecule has 98 valence electrons. The SMILES string of the molecule is CCCC(C)(CC)CCC(CC)(CC)CC. The molecule has 0 amide bonds. The molecule has 0 saturated carbocycles. The van der Waals surface area contributed by atoms with Gasteiger partial charge in [-0.25, -0.2) is 0 Å². The van der Waals surface area contributed by atoms with E-state index in [2.05, 4.69) is 41.5 Å². The molecule has 0 spiro atoms. The fraction of sp³-hybridized carbons (Fsp3) is 1.00. The Bertz CT molecular complexity index is 159. The fourth-order valence-corrected chi connectivity index (χ4v) is 2.93. The van der Waals surface area contributed by atoms with Crippen LogP contribution in [-0.4, -0.2) is 0 Å². The Morgan fingerprint density at radius 2 is 1.12 bits per heavy atom. The summed E-state index contributed by atoms with van der Waals surface area (Å²) in [5, 5.41) is 0. The van der Waals surface area contributed by atoms with E-state index >= 15 is 0 Å².